The predicted octanol–water partition coefficient (Wildman–Crippen LogP) is 1.37. The van der Waals surface area contributed by atoms with Gasteiger partial charge in [-0.25, -0.2) is 0 Å². The summed E-state index contributed by atoms with van der Waals surface area (Å²) in [5.41, 5.74) is 1.00. The first-order chi connectivity index (χ1) is 9.58. The van der Waals surface area contributed by atoms with Gasteiger partial charge in [-0.3, -0.25) is 9.48 Å². The minimum atomic E-state index is 0.00837. The Hall–Kier alpha value is -1.43. The van der Waals surface area contributed by atoms with Crippen molar-refractivity contribution in [1.82, 2.24) is 25.6 Å². The molecule has 1 rings (SSSR count). The molecule has 20 heavy (non-hydrogen) atoms. The SMILES string of the molecule is CC.CC(=O)NCCCn1cc(CCNC(C)C)nn1. The lowest BCUT2D eigenvalue weighted by Crippen LogP contribution is -2.25. The molecule has 0 saturated heterocycles. The van der Waals surface area contributed by atoms with E-state index in [0.29, 0.717) is 12.6 Å². The second-order valence-corrected chi connectivity index (χ2v) is 4.67. The summed E-state index contributed by atoms with van der Waals surface area (Å²) in [5.74, 6) is 0.00837. The lowest BCUT2D eigenvalue weighted by Gasteiger charge is -2.05. The molecule has 0 atom stereocenters. The molecule has 0 radical (unpaired) electrons. The molecular formula is C14H29N5O. The van der Waals surface area contributed by atoms with E-state index in [9.17, 15) is 4.79 Å². The topological polar surface area (TPSA) is 71.8 Å². The molecule has 0 aliphatic rings. The van der Waals surface area contributed by atoms with Crippen LogP contribution in [-0.2, 0) is 17.8 Å². The van der Waals surface area contributed by atoms with Crippen LogP contribution >= 0.6 is 0 Å². The smallest absolute Gasteiger partial charge is 0.216 e. The molecule has 0 spiro atoms. The number of nitrogens with one attached hydrogen (secondary N) is 2. The Kier molecular flexibility index (Phi) is 10.6. The first-order valence-corrected chi connectivity index (χ1v) is 7.44. The molecule has 1 amide bonds. The zero-order chi connectivity index (χ0) is 15.4. The van der Waals surface area contributed by atoms with Gasteiger partial charge in [0.25, 0.3) is 0 Å². The molecule has 6 nitrogen and oxygen atoms in total. The highest BCUT2D eigenvalue weighted by atomic mass is 16.1. The Labute approximate surface area is 122 Å². The van der Waals surface area contributed by atoms with E-state index in [1.807, 2.05) is 24.7 Å². The summed E-state index contributed by atoms with van der Waals surface area (Å²) in [6, 6.07) is 0.498. The van der Waals surface area contributed by atoms with E-state index in [4.69, 9.17) is 0 Å². The average Bonchev–Trinajstić information content (AvgIpc) is 2.84. The molecule has 0 aromatic carbocycles. The number of carbonyl (C=O) groups is 1. The molecule has 0 bridgehead atoms. The maximum atomic E-state index is 10.7. The first-order valence-electron chi connectivity index (χ1n) is 7.44. The number of aryl methyl sites for hydroxylation is 1. The quantitative estimate of drug-likeness (QED) is 0.707. The summed E-state index contributed by atoms with van der Waals surface area (Å²) < 4.78 is 1.83. The molecule has 1 heterocycles. The van der Waals surface area contributed by atoms with Crippen LogP contribution in [0.2, 0.25) is 0 Å². The normalized spacial score (nSPS) is 10.1. The van der Waals surface area contributed by atoms with Crippen molar-refractivity contribution in [2.24, 2.45) is 0 Å². The van der Waals surface area contributed by atoms with Crippen molar-refractivity contribution in [2.75, 3.05) is 13.1 Å². The van der Waals surface area contributed by atoms with Crippen LogP contribution in [0.1, 0.15) is 46.7 Å². The van der Waals surface area contributed by atoms with Gasteiger partial charge in [-0.15, -0.1) is 5.10 Å². The third-order valence-electron chi connectivity index (χ3n) is 2.46. The van der Waals surface area contributed by atoms with Crippen LogP contribution in [0.25, 0.3) is 0 Å². The van der Waals surface area contributed by atoms with Crippen LogP contribution < -0.4 is 10.6 Å². The molecule has 0 unspecified atom stereocenters. The van der Waals surface area contributed by atoms with Gasteiger partial charge in [-0.1, -0.05) is 32.9 Å². The van der Waals surface area contributed by atoms with Crippen LogP contribution in [0.15, 0.2) is 6.20 Å². The van der Waals surface area contributed by atoms with Gasteiger partial charge in [-0.05, 0) is 6.42 Å². The fourth-order valence-corrected chi connectivity index (χ4v) is 1.56. The van der Waals surface area contributed by atoms with Crippen molar-refractivity contribution in [3.05, 3.63) is 11.9 Å². The summed E-state index contributed by atoms with van der Waals surface area (Å²) in [7, 11) is 0. The van der Waals surface area contributed by atoms with Gasteiger partial charge < -0.3 is 10.6 Å². The molecule has 1 aromatic heterocycles. The lowest BCUT2D eigenvalue weighted by atomic mass is 10.3. The molecular weight excluding hydrogens is 254 g/mol. The van der Waals surface area contributed by atoms with Crippen LogP contribution in [0.3, 0.4) is 0 Å². The summed E-state index contributed by atoms with van der Waals surface area (Å²) in [5, 5.41) is 14.3. The molecule has 6 heteroatoms. The summed E-state index contributed by atoms with van der Waals surface area (Å²) >= 11 is 0. The fourth-order valence-electron chi connectivity index (χ4n) is 1.56. The third kappa shape index (κ3) is 9.49. The van der Waals surface area contributed by atoms with E-state index in [1.165, 1.54) is 6.92 Å². The zero-order valence-electron chi connectivity index (χ0n) is 13.4. The molecule has 116 valence electrons. The minimum absolute atomic E-state index is 0.00837. The number of hydrogen-bond donors (Lipinski definition) is 2. The number of nitrogens with zero attached hydrogens (tertiary/aromatic N) is 3. The predicted molar refractivity (Wildman–Crippen MR) is 81.5 cm³/mol. The van der Waals surface area contributed by atoms with Crippen LogP contribution in [-0.4, -0.2) is 40.0 Å². The van der Waals surface area contributed by atoms with E-state index in [0.717, 1.165) is 31.6 Å². The summed E-state index contributed by atoms with van der Waals surface area (Å²) in [6.07, 6.45) is 3.73. The van der Waals surface area contributed by atoms with Crippen molar-refractivity contribution >= 4 is 5.91 Å². The summed E-state index contributed by atoms with van der Waals surface area (Å²) in [6.45, 7) is 12.2. The van der Waals surface area contributed by atoms with Gasteiger partial charge >= 0.3 is 0 Å². The first kappa shape index (κ1) is 18.6. The lowest BCUT2D eigenvalue weighted by molar-refractivity contribution is -0.118. The van der Waals surface area contributed by atoms with Crippen molar-refractivity contribution in [3.63, 3.8) is 0 Å². The minimum Gasteiger partial charge on any atom is -0.356 e. The van der Waals surface area contributed by atoms with Gasteiger partial charge in [0.1, 0.15) is 0 Å². The molecule has 0 aliphatic heterocycles. The van der Waals surface area contributed by atoms with Gasteiger partial charge in [0.15, 0.2) is 0 Å². The largest absolute Gasteiger partial charge is 0.356 e. The second-order valence-electron chi connectivity index (χ2n) is 4.67. The highest BCUT2D eigenvalue weighted by Crippen LogP contribution is 1.95. The van der Waals surface area contributed by atoms with Crippen molar-refractivity contribution in [3.8, 4) is 0 Å². The van der Waals surface area contributed by atoms with Crippen LogP contribution in [0.5, 0.6) is 0 Å². The maximum Gasteiger partial charge on any atom is 0.216 e. The standard InChI is InChI=1S/C12H23N5O.C2H6/c1-10(2)13-7-5-12-9-17(16-15-12)8-4-6-14-11(3)18;1-2/h9-10,13H,4-8H2,1-3H3,(H,14,18);1-2H3. The number of carbonyl (C=O) groups excluding carboxylic acids is 1. The third-order valence-corrected chi connectivity index (χ3v) is 2.46. The van der Waals surface area contributed by atoms with E-state index in [1.54, 1.807) is 0 Å². The van der Waals surface area contributed by atoms with Crippen molar-refractivity contribution in [2.45, 2.75) is 60.0 Å². The number of amides is 1. The molecule has 0 aliphatic carbocycles. The Morgan fingerprint density at radius 2 is 2.05 bits per heavy atom. The molecule has 0 fully saturated rings. The van der Waals surface area contributed by atoms with Gasteiger partial charge in [-0.2, -0.15) is 0 Å². The highest BCUT2D eigenvalue weighted by Gasteiger charge is 2.01. The van der Waals surface area contributed by atoms with Gasteiger partial charge in [0.05, 0.1) is 5.69 Å². The van der Waals surface area contributed by atoms with E-state index >= 15 is 0 Å². The fraction of sp³-hybridized carbons (Fsp3) is 0.786. The van der Waals surface area contributed by atoms with Crippen molar-refractivity contribution < 1.29 is 4.79 Å². The van der Waals surface area contributed by atoms with E-state index in [-0.39, 0.29) is 5.91 Å². The monoisotopic (exact) mass is 283 g/mol. The Bertz CT molecular complexity index is 362. The molecule has 1 aromatic rings. The number of aromatic nitrogens is 3. The number of hydrogen-bond acceptors (Lipinski definition) is 4. The maximum absolute atomic E-state index is 10.7. The zero-order valence-corrected chi connectivity index (χ0v) is 13.4. The van der Waals surface area contributed by atoms with E-state index < -0.39 is 0 Å². The average molecular weight is 283 g/mol. The molecule has 0 saturated carbocycles. The van der Waals surface area contributed by atoms with Gasteiger partial charge in [0.2, 0.25) is 5.91 Å². The second kappa shape index (κ2) is 11.4. The van der Waals surface area contributed by atoms with Gasteiger partial charge in [0, 0.05) is 45.2 Å². The summed E-state index contributed by atoms with van der Waals surface area (Å²) in [4.78, 5) is 10.7. The van der Waals surface area contributed by atoms with E-state index in [2.05, 4.69) is 34.8 Å². The number of rotatable bonds is 8. The van der Waals surface area contributed by atoms with Crippen molar-refractivity contribution in [1.29, 1.82) is 0 Å². The van der Waals surface area contributed by atoms with Crippen LogP contribution in [0.4, 0.5) is 0 Å². The van der Waals surface area contributed by atoms with Crippen LogP contribution in [0, 0.1) is 0 Å². The Balaban J connectivity index is 0.00000172. The Morgan fingerprint density at radius 1 is 1.35 bits per heavy atom. The Morgan fingerprint density at radius 3 is 2.65 bits per heavy atom. The molecule has 2 N–H and O–H groups in total. The highest BCUT2D eigenvalue weighted by molar-refractivity contribution is 5.72.